The predicted octanol–water partition coefficient (Wildman–Crippen LogP) is 4.10. The van der Waals surface area contributed by atoms with Gasteiger partial charge in [0.05, 0.1) is 11.4 Å². The molecule has 4 nitrogen and oxygen atoms in total. The first-order chi connectivity index (χ1) is 13.1. The van der Waals surface area contributed by atoms with Crippen molar-refractivity contribution in [1.29, 1.82) is 0 Å². The highest BCUT2D eigenvalue weighted by Crippen LogP contribution is 2.26. The van der Waals surface area contributed by atoms with E-state index in [1.807, 2.05) is 24.3 Å². The molecule has 142 valence electrons. The SMILES string of the molecule is CCN1CCN(c2ccccc2NC(=O)/C=C/c2ccc(C)cc2C)CC1. The molecule has 0 radical (unpaired) electrons. The van der Waals surface area contributed by atoms with Crippen molar-refractivity contribution < 1.29 is 4.79 Å². The number of carbonyl (C=O) groups is 1. The third-order valence-corrected chi connectivity index (χ3v) is 5.16. The molecule has 2 aromatic carbocycles. The Bertz CT molecular complexity index is 820. The van der Waals surface area contributed by atoms with E-state index in [2.05, 4.69) is 60.2 Å². The van der Waals surface area contributed by atoms with Crippen molar-refractivity contribution in [3.63, 3.8) is 0 Å². The predicted molar refractivity (Wildman–Crippen MR) is 114 cm³/mol. The lowest BCUT2D eigenvalue weighted by Gasteiger charge is -2.36. The van der Waals surface area contributed by atoms with Crippen LogP contribution in [-0.4, -0.2) is 43.5 Å². The minimum Gasteiger partial charge on any atom is -0.367 e. The largest absolute Gasteiger partial charge is 0.367 e. The number of nitrogens with zero attached hydrogens (tertiary/aromatic N) is 2. The van der Waals surface area contributed by atoms with Crippen LogP contribution in [0.25, 0.3) is 6.08 Å². The smallest absolute Gasteiger partial charge is 0.248 e. The van der Waals surface area contributed by atoms with Crippen molar-refractivity contribution in [2.24, 2.45) is 0 Å². The van der Waals surface area contributed by atoms with Gasteiger partial charge < -0.3 is 15.1 Å². The number of carbonyl (C=O) groups excluding carboxylic acids is 1. The maximum absolute atomic E-state index is 12.5. The van der Waals surface area contributed by atoms with Crippen LogP contribution in [0.2, 0.25) is 0 Å². The molecule has 0 aromatic heterocycles. The van der Waals surface area contributed by atoms with Crippen molar-refractivity contribution in [3.05, 3.63) is 65.2 Å². The molecule has 0 spiro atoms. The third kappa shape index (κ3) is 4.98. The number of piperazine rings is 1. The van der Waals surface area contributed by atoms with Gasteiger partial charge in [-0.05, 0) is 49.7 Å². The second-order valence-electron chi connectivity index (χ2n) is 7.12. The van der Waals surface area contributed by atoms with E-state index in [1.165, 1.54) is 11.1 Å². The topological polar surface area (TPSA) is 35.6 Å². The zero-order chi connectivity index (χ0) is 19.2. The van der Waals surface area contributed by atoms with E-state index in [0.717, 1.165) is 49.7 Å². The number of para-hydroxylation sites is 2. The quantitative estimate of drug-likeness (QED) is 0.813. The summed E-state index contributed by atoms with van der Waals surface area (Å²) in [6.07, 6.45) is 3.50. The summed E-state index contributed by atoms with van der Waals surface area (Å²) in [4.78, 5) is 17.3. The lowest BCUT2D eigenvalue weighted by molar-refractivity contribution is -0.111. The molecule has 0 saturated carbocycles. The monoisotopic (exact) mass is 363 g/mol. The number of aryl methyl sites for hydroxylation is 2. The molecule has 0 unspecified atom stereocenters. The normalized spacial score (nSPS) is 15.3. The zero-order valence-electron chi connectivity index (χ0n) is 16.5. The maximum atomic E-state index is 12.5. The second-order valence-corrected chi connectivity index (χ2v) is 7.12. The van der Waals surface area contributed by atoms with Gasteiger partial charge in [0.1, 0.15) is 0 Å². The third-order valence-electron chi connectivity index (χ3n) is 5.16. The molecule has 27 heavy (non-hydrogen) atoms. The van der Waals surface area contributed by atoms with Gasteiger partial charge in [-0.1, -0.05) is 42.8 Å². The fourth-order valence-corrected chi connectivity index (χ4v) is 3.51. The number of likely N-dealkylation sites (N-methyl/N-ethyl adjacent to an activating group) is 1. The molecule has 4 heteroatoms. The van der Waals surface area contributed by atoms with Crippen LogP contribution in [0.3, 0.4) is 0 Å². The number of amides is 1. The minimum atomic E-state index is -0.102. The van der Waals surface area contributed by atoms with Crippen molar-refractivity contribution in [2.45, 2.75) is 20.8 Å². The Balaban J connectivity index is 1.68. The number of rotatable bonds is 5. The number of hydrogen-bond donors (Lipinski definition) is 1. The van der Waals surface area contributed by atoms with Crippen LogP contribution in [0.5, 0.6) is 0 Å². The van der Waals surface area contributed by atoms with E-state index in [0.29, 0.717) is 0 Å². The summed E-state index contributed by atoms with van der Waals surface area (Å²) in [6, 6.07) is 14.3. The molecule has 0 atom stereocenters. The zero-order valence-corrected chi connectivity index (χ0v) is 16.5. The average molecular weight is 364 g/mol. The Morgan fingerprint density at radius 3 is 2.52 bits per heavy atom. The van der Waals surface area contributed by atoms with E-state index in [1.54, 1.807) is 6.08 Å². The summed E-state index contributed by atoms with van der Waals surface area (Å²) >= 11 is 0. The Morgan fingerprint density at radius 1 is 1.07 bits per heavy atom. The molecule has 1 heterocycles. The molecule has 2 aromatic rings. The molecule has 0 aliphatic carbocycles. The van der Waals surface area contributed by atoms with Gasteiger partial charge in [0, 0.05) is 32.3 Å². The molecule has 0 bridgehead atoms. The molecular weight excluding hydrogens is 334 g/mol. The Hall–Kier alpha value is -2.59. The van der Waals surface area contributed by atoms with Crippen LogP contribution in [-0.2, 0) is 4.79 Å². The molecule has 1 aliphatic heterocycles. The van der Waals surface area contributed by atoms with Gasteiger partial charge in [0.25, 0.3) is 0 Å². The fraction of sp³-hybridized carbons (Fsp3) is 0.348. The highest BCUT2D eigenvalue weighted by Gasteiger charge is 2.18. The summed E-state index contributed by atoms with van der Waals surface area (Å²) in [6.45, 7) is 11.5. The summed E-state index contributed by atoms with van der Waals surface area (Å²) in [5.41, 5.74) is 5.44. The molecule has 3 rings (SSSR count). The molecule has 1 aliphatic rings. The van der Waals surface area contributed by atoms with E-state index in [9.17, 15) is 4.79 Å². The van der Waals surface area contributed by atoms with Crippen LogP contribution >= 0.6 is 0 Å². The molecule has 1 amide bonds. The van der Waals surface area contributed by atoms with Gasteiger partial charge in [0.2, 0.25) is 5.91 Å². The van der Waals surface area contributed by atoms with Crippen LogP contribution in [0.4, 0.5) is 11.4 Å². The van der Waals surface area contributed by atoms with Crippen molar-refractivity contribution in [2.75, 3.05) is 42.9 Å². The van der Waals surface area contributed by atoms with Crippen LogP contribution in [0, 0.1) is 13.8 Å². The fourth-order valence-electron chi connectivity index (χ4n) is 3.51. The van der Waals surface area contributed by atoms with E-state index in [-0.39, 0.29) is 5.91 Å². The Kier molecular flexibility index (Phi) is 6.30. The summed E-state index contributed by atoms with van der Waals surface area (Å²) < 4.78 is 0. The van der Waals surface area contributed by atoms with E-state index < -0.39 is 0 Å². The second kappa shape index (κ2) is 8.87. The number of anilines is 2. The number of benzene rings is 2. The standard InChI is InChI=1S/C23H29N3O/c1-4-25-13-15-26(16-14-25)22-8-6-5-7-21(22)24-23(27)12-11-20-10-9-18(2)17-19(20)3/h5-12,17H,4,13-16H2,1-3H3,(H,24,27)/b12-11+. The summed E-state index contributed by atoms with van der Waals surface area (Å²) in [5, 5.41) is 3.05. The average Bonchev–Trinajstić information content (AvgIpc) is 2.68. The van der Waals surface area contributed by atoms with Crippen LogP contribution in [0.1, 0.15) is 23.6 Å². The number of hydrogen-bond acceptors (Lipinski definition) is 3. The van der Waals surface area contributed by atoms with Crippen molar-refractivity contribution in [3.8, 4) is 0 Å². The van der Waals surface area contributed by atoms with Crippen LogP contribution < -0.4 is 10.2 Å². The van der Waals surface area contributed by atoms with Gasteiger partial charge in [-0.2, -0.15) is 0 Å². The van der Waals surface area contributed by atoms with Gasteiger partial charge >= 0.3 is 0 Å². The summed E-state index contributed by atoms with van der Waals surface area (Å²) in [5.74, 6) is -0.102. The molecular formula is C23H29N3O. The molecule has 1 N–H and O–H groups in total. The van der Waals surface area contributed by atoms with Gasteiger partial charge in [-0.15, -0.1) is 0 Å². The maximum Gasteiger partial charge on any atom is 0.248 e. The van der Waals surface area contributed by atoms with E-state index >= 15 is 0 Å². The summed E-state index contributed by atoms with van der Waals surface area (Å²) in [7, 11) is 0. The first-order valence-electron chi connectivity index (χ1n) is 9.69. The molecule has 1 saturated heterocycles. The minimum absolute atomic E-state index is 0.102. The van der Waals surface area contributed by atoms with Crippen molar-refractivity contribution in [1.82, 2.24) is 4.90 Å². The Labute approximate surface area is 162 Å². The van der Waals surface area contributed by atoms with E-state index in [4.69, 9.17) is 0 Å². The van der Waals surface area contributed by atoms with Gasteiger partial charge in [-0.25, -0.2) is 0 Å². The molecule has 1 fully saturated rings. The van der Waals surface area contributed by atoms with Gasteiger partial charge in [0.15, 0.2) is 0 Å². The number of nitrogens with one attached hydrogen (secondary N) is 1. The first kappa shape index (κ1) is 19.2. The Morgan fingerprint density at radius 2 is 1.81 bits per heavy atom. The van der Waals surface area contributed by atoms with Crippen LogP contribution in [0.15, 0.2) is 48.5 Å². The lowest BCUT2D eigenvalue weighted by Crippen LogP contribution is -2.46. The van der Waals surface area contributed by atoms with Gasteiger partial charge in [-0.3, -0.25) is 4.79 Å². The lowest BCUT2D eigenvalue weighted by atomic mass is 10.1. The highest BCUT2D eigenvalue weighted by atomic mass is 16.1. The van der Waals surface area contributed by atoms with Crippen molar-refractivity contribution >= 4 is 23.4 Å². The first-order valence-corrected chi connectivity index (χ1v) is 9.69. The highest BCUT2D eigenvalue weighted by molar-refractivity contribution is 6.03.